The van der Waals surface area contributed by atoms with Gasteiger partial charge in [-0.25, -0.2) is 9.59 Å². The summed E-state index contributed by atoms with van der Waals surface area (Å²) in [6, 6.07) is 12.8. The first-order chi connectivity index (χ1) is 12.5. The Morgan fingerprint density at radius 2 is 1.23 bits per heavy atom. The lowest BCUT2D eigenvalue weighted by atomic mass is 10.1. The van der Waals surface area contributed by atoms with Gasteiger partial charge in [-0.2, -0.15) is 0 Å². The average molecular weight is 356 g/mol. The van der Waals surface area contributed by atoms with Gasteiger partial charge in [0.1, 0.15) is 0 Å². The molecule has 26 heavy (non-hydrogen) atoms. The second-order valence-electron chi connectivity index (χ2n) is 5.17. The number of amides is 2. The van der Waals surface area contributed by atoms with E-state index in [9.17, 15) is 14.4 Å². The molecule has 0 atom stereocenters. The van der Waals surface area contributed by atoms with Gasteiger partial charge in [-0.3, -0.25) is 10.1 Å². The summed E-state index contributed by atoms with van der Waals surface area (Å²) >= 11 is 0. The van der Waals surface area contributed by atoms with Crippen molar-refractivity contribution < 1.29 is 23.9 Å². The number of ether oxygens (including phenoxy) is 2. The van der Waals surface area contributed by atoms with Crippen molar-refractivity contribution in [2.75, 3.05) is 23.8 Å². The third-order valence-electron chi connectivity index (χ3n) is 3.32. The Hall–Kier alpha value is -3.35. The van der Waals surface area contributed by atoms with Gasteiger partial charge in [-0.05, 0) is 62.4 Å². The molecule has 7 heteroatoms. The van der Waals surface area contributed by atoms with Crippen LogP contribution in [-0.2, 0) is 9.47 Å². The SMILES string of the molecule is CCOC(=O)Nc1ccc(C(=O)Nc2ccc(C(=O)OCC)cc2)cc1. The van der Waals surface area contributed by atoms with Crippen LogP contribution in [0.25, 0.3) is 0 Å². The third kappa shape index (κ3) is 5.34. The van der Waals surface area contributed by atoms with Crippen LogP contribution in [0.4, 0.5) is 16.2 Å². The molecule has 0 unspecified atom stereocenters. The van der Waals surface area contributed by atoms with Crippen molar-refractivity contribution in [2.24, 2.45) is 0 Å². The van der Waals surface area contributed by atoms with Crippen molar-refractivity contribution in [3.8, 4) is 0 Å². The zero-order valence-electron chi connectivity index (χ0n) is 14.6. The fourth-order valence-corrected chi connectivity index (χ4v) is 2.10. The molecule has 0 fully saturated rings. The van der Waals surface area contributed by atoms with Gasteiger partial charge in [-0.15, -0.1) is 0 Å². The molecule has 2 N–H and O–H groups in total. The summed E-state index contributed by atoms with van der Waals surface area (Å²) in [6.07, 6.45) is -0.550. The Bertz CT molecular complexity index is 770. The van der Waals surface area contributed by atoms with Crippen LogP contribution >= 0.6 is 0 Å². The van der Waals surface area contributed by atoms with Crippen LogP contribution < -0.4 is 10.6 Å². The minimum atomic E-state index is -0.550. The van der Waals surface area contributed by atoms with E-state index in [1.807, 2.05) is 0 Å². The molecule has 7 nitrogen and oxygen atoms in total. The largest absolute Gasteiger partial charge is 0.462 e. The number of esters is 1. The molecule has 0 aliphatic heterocycles. The Morgan fingerprint density at radius 1 is 0.731 bits per heavy atom. The van der Waals surface area contributed by atoms with Crippen LogP contribution in [0.5, 0.6) is 0 Å². The molecule has 0 bridgehead atoms. The monoisotopic (exact) mass is 356 g/mol. The van der Waals surface area contributed by atoms with E-state index in [4.69, 9.17) is 9.47 Å². The number of hydrogen-bond acceptors (Lipinski definition) is 5. The highest BCUT2D eigenvalue weighted by Crippen LogP contribution is 2.14. The van der Waals surface area contributed by atoms with E-state index in [1.165, 1.54) is 0 Å². The molecule has 0 aromatic heterocycles. The lowest BCUT2D eigenvalue weighted by Gasteiger charge is -2.08. The first-order valence-corrected chi connectivity index (χ1v) is 8.15. The smallest absolute Gasteiger partial charge is 0.411 e. The van der Waals surface area contributed by atoms with Crippen molar-refractivity contribution in [1.29, 1.82) is 0 Å². The summed E-state index contributed by atoms with van der Waals surface area (Å²) in [4.78, 5) is 35.2. The molecule has 0 saturated carbocycles. The average Bonchev–Trinajstić information content (AvgIpc) is 2.63. The minimum absolute atomic E-state index is 0.279. The standard InChI is InChI=1S/C19H20N2O5/c1-3-25-18(23)14-7-11-15(12-8-14)20-17(22)13-5-9-16(10-6-13)21-19(24)26-4-2/h5-12H,3-4H2,1-2H3,(H,20,22)(H,21,24). The van der Waals surface area contributed by atoms with Gasteiger partial charge in [0.2, 0.25) is 0 Å². The highest BCUT2D eigenvalue weighted by Gasteiger charge is 2.09. The van der Waals surface area contributed by atoms with Gasteiger partial charge >= 0.3 is 12.1 Å². The summed E-state index contributed by atoms with van der Waals surface area (Å²) in [6.45, 7) is 4.03. The van der Waals surface area contributed by atoms with Gasteiger partial charge in [0, 0.05) is 16.9 Å². The quantitative estimate of drug-likeness (QED) is 0.770. The Balaban J connectivity index is 1.97. The topological polar surface area (TPSA) is 93.7 Å². The van der Waals surface area contributed by atoms with Gasteiger partial charge in [0.15, 0.2) is 0 Å². The van der Waals surface area contributed by atoms with Crippen LogP contribution in [0.1, 0.15) is 34.6 Å². The number of nitrogens with one attached hydrogen (secondary N) is 2. The molecule has 2 rings (SSSR count). The Labute approximate surface area is 151 Å². The predicted molar refractivity (Wildman–Crippen MR) is 97.4 cm³/mol. The third-order valence-corrected chi connectivity index (χ3v) is 3.32. The first-order valence-electron chi connectivity index (χ1n) is 8.15. The second kappa shape index (κ2) is 9.22. The van der Waals surface area contributed by atoms with Crippen molar-refractivity contribution in [3.05, 3.63) is 59.7 Å². The molecule has 0 radical (unpaired) electrons. The molecule has 0 aliphatic rings. The summed E-state index contributed by atoms with van der Waals surface area (Å²) in [5, 5.41) is 5.28. The summed E-state index contributed by atoms with van der Waals surface area (Å²) in [5.74, 6) is -0.716. The molecule has 0 aliphatic carbocycles. The number of rotatable bonds is 6. The van der Waals surface area contributed by atoms with Gasteiger partial charge < -0.3 is 14.8 Å². The predicted octanol–water partition coefficient (Wildman–Crippen LogP) is 3.68. The van der Waals surface area contributed by atoms with Crippen LogP contribution in [0.2, 0.25) is 0 Å². The lowest BCUT2D eigenvalue weighted by Crippen LogP contribution is -2.14. The zero-order chi connectivity index (χ0) is 18.9. The molecule has 2 amide bonds. The van der Waals surface area contributed by atoms with Gasteiger partial charge in [0.25, 0.3) is 5.91 Å². The maximum atomic E-state index is 12.3. The van der Waals surface area contributed by atoms with Crippen molar-refractivity contribution in [1.82, 2.24) is 0 Å². The summed E-state index contributed by atoms with van der Waals surface area (Å²) < 4.78 is 9.69. The Morgan fingerprint density at radius 3 is 1.77 bits per heavy atom. The second-order valence-corrected chi connectivity index (χ2v) is 5.17. The molecular formula is C19H20N2O5. The van der Waals surface area contributed by atoms with E-state index in [-0.39, 0.29) is 12.5 Å². The summed E-state index contributed by atoms with van der Waals surface area (Å²) in [5.41, 5.74) is 1.92. The van der Waals surface area contributed by atoms with Crippen LogP contribution in [0.15, 0.2) is 48.5 Å². The van der Waals surface area contributed by atoms with Crippen LogP contribution in [0, 0.1) is 0 Å². The highest BCUT2D eigenvalue weighted by atomic mass is 16.5. The first kappa shape index (κ1) is 19.0. The lowest BCUT2D eigenvalue weighted by molar-refractivity contribution is 0.0526. The fourth-order valence-electron chi connectivity index (χ4n) is 2.10. The van der Waals surface area contributed by atoms with Crippen molar-refractivity contribution in [2.45, 2.75) is 13.8 Å². The van der Waals surface area contributed by atoms with E-state index in [0.717, 1.165) is 0 Å². The van der Waals surface area contributed by atoms with Gasteiger partial charge in [0.05, 0.1) is 18.8 Å². The van der Waals surface area contributed by atoms with E-state index >= 15 is 0 Å². The normalized spacial score (nSPS) is 9.92. The molecule has 0 saturated heterocycles. The van der Waals surface area contributed by atoms with Crippen molar-refractivity contribution in [3.63, 3.8) is 0 Å². The summed E-state index contributed by atoms with van der Waals surface area (Å²) in [7, 11) is 0. The molecule has 136 valence electrons. The highest BCUT2D eigenvalue weighted by molar-refractivity contribution is 6.04. The van der Waals surface area contributed by atoms with E-state index in [0.29, 0.717) is 29.1 Å². The molecule has 0 heterocycles. The number of carbonyl (C=O) groups excluding carboxylic acids is 3. The number of anilines is 2. The van der Waals surface area contributed by atoms with Crippen molar-refractivity contribution >= 4 is 29.3 Å². The fraction of sp³-hybridized carbons (Fsp3) is 0.211. The van der Waals surface area contributed by atoms with E-state index in [1.54, 1.807) is 62.4 Å². The van der Waals surface area contributed by atoms with Crippen LogP contribution in [-0.4, -0.2) is 31.2 Å². The molecule has 2 aromatic carbocycles. The Kier molecular flexibility index (Phi) is 6.73. The molecular weight excluding hydrogens is 336 g/mol. The molecule has 2 aromatic rings. The number of benzene rings is 2. The van der Waals surface area contributed by atoms with Crippen LogP contribution in [0.3, 0.4) is 0 Å². The van der Waals surface area contributed by atoms with E-state index in [2.05, 4.69) is 10.6 Å². The van der Waals surface area contributed by atoms with Gasteiger partial charge in [-0.1, -0.05) is 0 Å². The zero-order valence-corrected chi connectivity index (χ0v) is 14.6. The minimum Gasteiger partial charge on any atom is -0.462 e. The molecule has 0 spiro atoms. The maximum absolute atomic E-state index is 12.3. The number of carbonyl (C=O) groups is 3. The number of hydrogen-bond donors (Lipinski definition) is 2. The maximum Gasteiger partial charge on any atom is 0.411 e. The van der Waals surface area contributed by atoms with E-state index < -0.39 is 12.1 Å².